The Kier molecular flexibility index (Phi) is 5.84. The Morgan fingerprint density at radius 3 is 1.54 bits per heavy atom. The summed E-state index contributed by atoms with van der Waals surface area (Å²) in [6.45, 7) is 0. The SMILES string of the molecule is O=C(Cl)OCl.Oc1ccc(O)cc1. The molecule has 0 saturated carbocycles. The highest BCUT2D eigenvalue weighted by Gasteiger charge is 1.84. The van der Waals surface area contributed by atoms with Crippen molar-refractivity contribution >= 4 is 28.9 Å². The number of phenols is 2. The second-order valence-electron chi connectivity index (χ2n) is 1.83. The molecule has 72 valence electrons. The maximum absolute atomic E-state index is 9.22. The molecule has 0 amide bonds. The Bertz CT molecular complexity index is 239. The number of benzene rings is 1. The molecule has 0 saturated heterocycles. The highest BCUT2D eigenvalue weighted by atomic mass is 35.5. The third kappa shape index (κ3) is 7.24. The summed E-state index contributed by atoms with van der Waals surface area (Å²) < 4.78 is 3.35. The van der Waals surface area contributed by atoms with E-state index in [1.807, 2.05) is 0 Å². The first-order valence-electron chi connectivity index (χ1n) is 3.02. The van der Waals surface area contributed by atoms with Crippen LogP contribution in [0.4, 0.5) is 4.79 Å². The fourth-order valence-electron chi connectivity index (χ4n) is 0.453. The average Bonchev–Trinajstić information content (AvgIpc) is 2.11. The standard InChI is InChI=1S/C6H6O2.CCl2O2/c7-5-1-2-6(8)4-3-5;2-1(4)5-3/h1-4,7-8H;. The molecule has 0 bridgehead atoms. The first-order chi connectivity index (χ1) is 6.06. The smallest absolute Gasteiger partial charge is 0.421 e. The van der Waals surface area contributed by atoms with Gasteiger partial charge < -0.3 is 14.5 Å². The van der Waals surface area contributed by atoms with Crippen molar-refractivity contribution in [3.8, 4) is 11.5 Å². The van der Waals surface area contributed by atoms with Gasteiger partial charge in [-0.3, -0.25) is 0 Å². The lowest BCUT2D eigenvalue weighted by molar-refractivity contribution is 0.230. The molecule has 4 nitrogen and oxygen atoms in total. The fourth-order valence-corrected chi connectivity index (χ4v) is 0.453. The first-order valence-corrected chi connectivity index (χ1v) is 3.71. The van der Waals surface area contributed by atoms with E-state index in [1.54, 1.807) is 0 Å². The van der Waals surface area contributed by atoms with E-state index in [0.29, 0.717) is 0 Å². The molecule has 0 fully saturated rings. The molecule has 2 N–H and O–H groups in total. The molecule has 6 heteroatoms. The van der Waals surface area contributed by atoms with Crippen LogP contribution in [0, 0.1) is 0 Å². The van der Waals surface area contributed by atoms with Gasteiger partial charge >= 0.3 is 5.43 Å². The molecule has 0 aromatic heterocycles. The van der Waals surface area contributed by atoms with E-state index in [2.05, 4.69) is 27.8 Å². The lowest BCUT2D eigenvalue weighted by atomic mass is 10.3. The van der Waals surface area contributed by atoms with Crippen molar-refractivity contribution in [1.82, 2.24) is 0 Å². The number of hydrogen-bond donors (Lipinski definition) is 2. The number of carbonyl (C=O) groups is 1. The molecule has 0 spiro atoms. The van der Waals surface area contributed by atoms with Gasteiger partial charge in [-0.25, -0.2) is 4.79 Å². The van der Waals surface area contributed by atoms with E-state index in [-0.39, 0.29) is 11.5 Å². The number of phenolic OH excluding ortho intramolecular Hbond substituents is 2. The summed E-state index contributed by atoms with van der Waals surface area (Å²) in [5, 5.41) is 17.3. The van der Waals surface area contributed by atoms with Gasteiger partial charge in [-0.15, -0.1) is 0 Å². The summed E-state index contributed by atoms with van der Waals surface area (Å²) in [5.74, 6) is 0.339. The van der Waals surface area contributed by atoms with Crippen molar-refractivity contribution in [2.45, 2.75) is 0 Å². The van der Waals surface area contributed by atoms with Crippen LogP contribution in [-0.2, 0) is 4.29 Å². The van der Waals surface area contributed by atoms with Crippen molar-refractivity contribution in [2.75, 3.05) is 0 Å². The quantitative estimate of drug-likeness (QED) is 0.526. The average molecular weight is 225 g/mol. The van der Waals surface area contributed by atoms with Crippen LogP contribution in [0.3, 0.4) is 0 Å². The van der Waals surface area contributed by atoms with Crippen LogP contribution in [0.25, 0.3) is 0 Å². The first kappa shape index (κ1) is 11.9. The molecule has 0 aliphatic heterocycles. The van der Waals surface area contributed by atoms with E-state index >= 15 is 0 Å². The zero-order valence-corrected chi connectivity index (χ0v) is 7.79. The van der Waals surface area contributed by atoms with E-state index in [0.717, 1.165) is 0 Å². The van der Waals surface area contributed by atoms with Gasteiger partial charge in [0.05, 0.1) is 0 Å². The Hall–Kier alpha value is -1.13. The van der Waals surface area contributed by atoms with Crippen molar-refractivity contribution in [1.29, 1.82) is 0 Å². The summed E-state index contributed by atoms with van der Waals surface area (Å²) in [6.07, 6.45) is 0. The maximum atomic E-state index is 9.22. The van der Waals surface area contributed by atoms with Crippen LogP contribution in [-0.4, -0.2) is 15.6 Å². The van der Waals surface area contributed by atoms with Crippen molar-refractivity contribution in [3.63, 3.8) is 0 Å². The van der Waals surface area contributed by atoms with E-state index in [4.69, 9.17) is 10.2 Å². The van der Waals surface area contributed by atoms with Gasteiger partial charge in [-0.05, 0) is 24.3 Å². The summed E-state index contributed by atoms with van der Waals surface area (Å²) >= 11 is 8.82. The highest BCUT2D eigenvalue weighted by molar-refractivity contribution is 6.62. The number of aromatic hydroxyl groups is 2. The molecular formula is C7H6Cl2O4. The van der Waals surface area contributed by atoms with Crippen LogP contribution >= 0.6 is 23.5 Å². The summed E-state index contributed by atoms with van der Waals surface area (Å²) in [4.78, 5) is 9.22. The molecule has 0 radical (unpaired) electrons. The number of halogens is 2. The second-order valence-corrected chi connectivity index (χ2v) is 2.29. The second kappa shape index (κ2) is 6.39. The number of hydrogen-bond acceptors (Lipinski definition) is 4. The van der Waals surface area contributed by atoms with Crippen molar-refractivity contribution in [2.24, 2.45) is 0 Å². The minimum Gasteiger partial charge on any atom is -0.508 e. The zero-order valence-electron chi connectivity index (χ0n) is 6.28. The van der Waals surface area contributed by atoms with Crippen LogP contribution in [0.2, 0.25) is 0 Å². The van der Waals surface area contributed by atoms with Gasteiger partial charge in [-0.1, -0.05) is 0 Å². The lowest BCUT2D eigenvalue weighted by Crippen LogP contribution is -1.72. The molecule has 1 aromatic carbocycles. The Labute approximate surface area is 84.4 Å². The lowest BCUT2D eigenvalue weighted by Gasteiger charge is -1.88. The molecule has 13 heavy (non-hydrogen) atoms. The fraction of sp³-hybridized carbons (Fsp3) is 0. The van der Waals surface area contributed by atoms with Gasteiger partial charge in [0, 0.05) is 11.6 Å². The van der Waals surface area contributed by atoms with Gasteiger partial charge in [0.1, 0.15) is 23.4 Å². The molecule has 1 rings (SSSR count). The summed E-state index contributed by atoms with van der Waals surface area (Å²) in [5.41, 5.74) is -1.01. The molecule has 0 atom stereocenters. The van der Waals surface area contributed by atoms with Crippen LogP contribution in [0.1, 0.15) is 0 Å². The predicted molar refractivity (Wildman–Crippen MR) is 48.0 cm³/mol. The van der Waals surface area contributed by atoms with Gasteiger partial charge in [0.2, 0.25) is 0 Å². The minimum atomic E-state index is -1.01. The Balaban J connectivity index is 0.000000252. The molecule has 0 unspecified atom stereocenters. The third-order valence-electron chi connectivity index (χ3n) is 0.910. The highest BCUT2D eigenvalue weighted by Crippen LogP contribution is 2.13. The normalized spacial score (nSPS) is 8.15. The van der Waals surface area contributed by atoms with Crippen LogP contribution in [0.15, 0.2) is 24.3 Å². The zero-order chi connectivity index (χ0) is 10.3. The van der Waals surface area contributed by atoms with E-state index in [1.165, 1.54) is 24.3 Å². The number of carbonyl (C=O) groups excluding carboxylic acids is 1. The summed E-state index contributed by atoms with van der Waals surface area (Å²) in [6, 6.07) is 5.70. The monoisotopic (exact) mass is 224 g/mol. The van der Waals surface area contributed by atoms with Crippen molar-refractivity contribution < 1.29 is 19.3 Å². The van der Waals surface area contributed by atoms with Crippen LogP contribution in [0.5, 0.6) is 11.5 Å². The largest absolute Gasteiger partial charge is 0.508 e. The van der Waals surface area contributed by atoms with Gasteiger partial charge in [-0.2, -0.15) is 0 Å². The van der Waals surface area contributed by atoms with E-state index in [9.17, 15) is 4.79 Å². The topological polar surface area (TPSA) is 66.8 Å². The molecule has 0 heterocycles. The Morgan fingerprint density at radius 2 is 1.38 bits per heavy atom. The third-order valence-corrected chi connectivity index (χ3v) is 1.21. The molecule has 1 aromatic rings. The maximum Gasteiger partial charge on any atom is 0.421 e. The molecule has 0 aliphatic carbocycles. The minimum absolute atomic E-state index is 0.169. The predicted octanol–water partition coefficient (Wildman–Crippen LogP) is 2.61. The van der Waals surface area contributed by atoms with Gasteiger partial charge in [0.25, 0.3) is 0 Å². The number of rotatable bonds is 0. The van der Waals surface area contributed by atoms with E-state index < -0.39 is 5.43 Å². The van der Waals surface area contributed by atoms with Crippen LogP contribution < -0.4 is 0 Å². The molecule has 0 aliphatic rings. The Morgan fingerprint density at radius 1 is 1.15 bits per heavy atom. The van der Waals surface area contributed by atoms with Crippen molar-refractivity contribution in [3.05, 3.63) is 24.3 Å². The van der Waals surface area contributed by atoms with Gasteiger partial charge in [0.15, 0.2) is 0 Å². The summed E-state index contributed by atoms with van der Waals surface area (Å²) in [7, 11) is 0. The molecular weight excluding hydrogens is 219 g/mol.